The Labute approximate surface area is 638 Å². The predicted octanol–water partition coefficient (Wildman–Crippen LogP) is 25.7. The number of phosphoric ester groups is 2. The summed E-state index contributed by atoms with van der Waals surface area (Å²) in [5.74, 6) is 0.326. The summed E-state index contributed by atoms with van der Waals surface area (Å²) in [5.41, 5.74) is 0. The highest BCUT2D eigenvalue weighted by atomic mass is 31.2. The van der Waals surface area contributed by atoms with Crippen molar-refractivity contribution in [1.82, 2.24) is 0 Å². The van der Waals surface area contributed by atoms with E-state index in [4.69, 9.17) is 37.0 Å². The molecule has 4 unspecified atom stereocenters. The highest BCUT2D eigenvalue weighted by Crippen LogP contribution is 2.45. The molecule has 0 bridgehead atoms. The third-order valence-electron chi connectivity index (χ3n) is 20.6. The Morgan fingerprint density at radius 1 is 0.279 bits per heavy atom. The predicted molar refractivity (Wildman–Crippen MR) is 428 cm³/mol. The zero-order valence-electron chi connectivity index (χ0n) is 68.5. The van der Waals surface area contributed by atoms with Gasteiger partial charge in [-0.05, 0) is 43.4 Å². The van der Waals surface area contributed by atoms with E-state index in [1.165, 1.54) is 257 Å². The lowest BCUT2D eigenvalue weighted by Crippen LogP contribution is -2.30. The van der Waals surface area contributed by atoms with Crippen molar-refractivity contribution in [2.45, 2.75) is 465 Å². The number of carbonyl (C=O) groups excluding carboxylic acids is 4. The summed E-state index contributed by atoms with van der Waals surface area (Å²) < 4.78 is 68.9. The molecule has 618 valence electrons. The highest BCUT2D eigenvalue weighted by Gasteiger charge is 2.30. The zero-order chi connectivity index (χ0) is 76.5. The second-order valence-electron chi connectivity index (χ2n) is 31.5. The molecule has 0 saturated carbocycles. The van der Waals surface area contributed by atoms with Gasteiger partial charge in [-0.25, -0.2) is 9.13 Å². The van der Waals surface area contributed by atoms with E-state index in [1.54, 1.807) is 0 Å². The van der Waals surface area contributed by atoms with Crippen molar-refractivity contribution in [3.63, 3.8) is 0 Å². The maximum Gasteiger partial charge on any atom is 0.472 e. The van der Waals surface area contributed by atoms with Crippen LogP contribution in [0.15, 0.2) is 0 Å². The molecular formula is C85H166O17P2. The van der Waals surface area contributed by atoms with E-state index >= 15 is 0 Å². The van der Waals surface area contributed by atoms with Gasteiger partial charge in [0.05, 0.1) is 26.4 Å². The van der Waals surface area contributed by atoms with Crippen molar-refractivity contribution in [3.05, 3.63) is 0 Å². The van der Waals surface area contributed by atoms with E-state index < -0.39 is 97.5 Å². The van der Waals surface area contributed by atoms with Crippen LogP contribution in [0.25, 0.3) is 0 Å². The number of aliphatic hydroxyl groups is 1. The normalized spacial score (nSPS) is 14.4. The largest absolute Gasteiger partial charge is 0.472 e. The molecule has 0 spiro atoms. The SMILES string of the molecule is CCCCCCCCCCCCCCCCCCC(=O)O[C@H](COC(=O)CCCCCCCCCCC(C)CC)COP(=O)(O)OC[C@H](O)COP(=O)(O)OC[C@@H](COC(=O)CCCCCCCCCCCCCCCCC(C)CC)OC(=O)CCCCCCCCCCCCCCCCCC(C)C. The molecule has 0 aromatic rings. The molecule has 3 N–H and O–H groups in total. The number of carbonyl (C=O) groups is 4. The molecule has 19 heteroatoms. The first-order chi connectivity index (χ1) is 50.3. The molecule has 0 aliphatic carbocycles. The molecule has 0 saturated heterocycles. The van der Waals surface area contributed by atoms with E-state index in [1.807, 2.05) is 0 Å². The molecule has 0 aliphatic rings. The Kier molecular flexibility index (Phi) is 73.7. The lowest BCUT2D eigenvalue weighted by molar-refractivity contribution is -0.161. The van der Waals surface area contributed by atoms with Gasteiger partial charge in [-0.2, -0.15) is 0 Å². The van der Waals surface area contributed by atoms with Crippen LogP contribution in [0.5, 0.6) is 0 Å². The van der Waals surface area contributed by atoms with E-state index in [0.29, 0.717) is 25.7 Å². The standard InChI is InChI=1S/C85H166O17P2/c1-8-11-12-13-14-15-16-17-18-21-28-33-38-47-54-61-68-85(90)102-81(73-96-83(88)67-60-53-46-41-40-44-51-58-65-78(7)10-3)75-100-104(93,94)98-71-79(86)70-97-103(91,92)99-74-80(101-84(89)69-62-55-48-39-34-29-22-19-20-25-30-35-42-49-56-63-76(4)5)72-95-82(87)66-59-52-45-37-32-27-24-23-26-31-36-43-50-57-64-77(6)9-2/h76-81,86H,8-75H2,1-7H3,(H,91,92)(H,93,94)/t77?,78?,79-,80-,81-/m1/s1. The third kappa shape index (κ3) is 75.5. The Morgan fingerprint density at radius 2 is 0.490 bits per heavy atom. The summed E-state index contributed by atoms with van der Waals surface area (Å²) in [7, 11) is -9.93. The molecule has 0 amide bonds. The molecule has 0 heterocycles. The van der Waals surface area contributed by atoms with Gasteiger partial charge in [0.2, 0.25) is 0 Å². The van der Waals surface area contributed by atoms with Gasteiger partial charge in [0.1, 0.15) is 19.3 Å². The van der Waals surface area contributed by atoms with Crippen molar-refractivity contribution in [2.75, 3.05) is 39.6 Å². The van der Waals surface area contributed by atoms with Gasteiger partial charge in [0.25, 0.3) is 0 Å². The van der Waals surface area contributed by atoms with Crippen molar-refractivity contribution in [1.29, 1.82) is 0 Å². The van der Waals surface area contributed by atoms with Gasteiger partial charge in [-0.1, -0.05) is 395 Å². The Bertz CT molecular complexity index is 2010. The average Bonchev–Trinajstić information content (AvgIpc) is 0.902. The van der Waals surface area contributed by atoms with Crippen LogP contribution in [0.2, 0.25) is 0 Å². The average molecular weight is 1520 g/mol. The second kappa shape index (κ2) is 75.1. The summed E-state index contributed by atoms with van der Waals surface area (Å²) in [4.78, 5) is 73.2. The van der Waals surface area contributed by atoms with E-state index in [9.17, 15) is 43.2 Å². The van der Waals surface area contributed by atoms with Gasteiger partial charge in [-0.15, -0.1) is 0 Å². The fraction of sp³-hybridized carbons (Fsp3) is 0.953. The van der Waals surface area contributed by atoms with Gasteiger partial charge in [0.15, 0.2) is 12.2 Å². The topological polar surface area (TPSA) is 237 Å². The Morgan fingerprint density at radius 3 is 0.731 bits per heavy atom. The Balaban J connectivity index is 5.27. The monoisotopic (exact) mass is 1520 g/mol. The van der Waals surface area contributed by atoms with Crippen LogP contribution in [-0.2, 0) is 65.4 Å². The first-order valence-electron chi connectivity index (χ1n) is 43.9. The van der Waals surface area contributed by atoms with Crippen molar-refractivity contribution >= 4 is 39.5 Å². The number of rotatable bonds is 83. The molecule has 104 heavy (non-hydrogen) atoms. The summed E-state index contributed by atoms with van der Waals surface area (Å²) >= 11 is 0. The number of hydrogen-bond donors (Lipinski definition) is 3. The minimum absolute atomic E-state index is 0.108. The minimum atomic E-state index is -4.97. The number of esters is 4. The maximum atomic E-state index is 13.1. The van der Waals surface area contributed by atoms with Gasteiger partial charge in [0, 0.05) is 25.7 Å². The van der Waals surface area contributed by atoms with Crippen molar-refractivity contribution in [3.8, 4) is 0 Å². The number of ether oxygens (including phenoxy) is 4. The summed E-state index contributed by atoms with van der Waals surface area (Å²) in [6.45, 7) is 12.1. The zero-order valence-corrected chi connectivity index (χ0v) is 70.3. The summed E-state index contributed by atoms with van der Waals surface area (Å²) in [5, 5.41) is 10.7. The molecule has 7 atom stereocenters. The lowest BCUT2D eigenvalue weighted by atomic mass is 9.99. The number of aliphatic hydroxyl groups excluding tert-OH is 1. The molecule has 0 aliphatic heterocycles. The molecular weight excluding hydrogens is 1350 g/mol. The summed E-state index contributed by atoms with van der Waals surface area (Å²) in [6.07, 6.45) is 65.0. The van der Waals surface area contributed by atoms with Crippen LogP contribution in [-0.4, -0.2) is 96.7 Å². The minimum Gasteiger partial charge on any atom is -0.462 e. The van der Waals surface area contributed by atoms with E-state index in [0.717, 1.165) is 108 Å². The van der Waals surface area contributed by atoms with Crippen molar-refractivity contribution in [2.24, 2.45) is 17.8 Å². The van der Waals surface area contributed by atoms with Gasteiger partial charge >= 0.3 is 39.5 Å². The quantitative estimate of drug-likeness (QED) is 0.0222. The third-order valence-corrected chi connectivity index (χ3v) is 22.5. The molecule has 0 aromatic heterocycles. The highest BCUT2D eigenvalue weighted by molar-refractivity contribution is 7.47. The number of hydrogen-bond acceptors (Lipinski definition) is 15. The van der Waals surface area contributed by atoms with Gasteiger partial charge in [-0.3, -0.25) is 37.3 Å². The molecule has 0 radical (unpaired) electrons. The Hall–Kier alpha value is -1.94. The number of unbranched alkanes of at least 4 members (excludes halogenated alkanes) is 49. The fourth-order valence-corrected chi connectivity index (χ4v) is 14.7. The maximum absolute atomic E-state index is 13.1. The van der Waals surface area contributed by atoms with Crippen LogP contribution in [0.3, 0.4) is 0 Å². The molecule has 0 rings (SSSR count). The van der Waals surface area contributed by atoms with E-state index in [-0.39, 0.29) is 25.7 Å². The van der Waals surface area contributed by atoms with Crippen LogP contribution < -0.4 is 0 Å². The fourth-order valence-electron chi connectivity index (χ4n) is 13.1. The van der Waals surface area contributed by atoms with Gasteiger partial charge < -0.3 is 33.8 Å². The van der Waals surface area contributed by atoms with Crippen LogP contribution in [0.1, 0.15) is 447 Å². The van der Waals surface area contributed by atoms with Crippen LogP contribution in [0.4, 0.5) is 0 Å². The van der Waals surface area contributed by atoms with E-state index in [2.05, 4.69) is 48.5 Å². The molecule has 0 fully saturated rings. The molecule has 17 nitrogen and oxygen atoms in total. The first-order valence-corrected chi connectivity index (χ1v) is 46.9. The second-order valence-corrected chi connectivity index (χ2v) is 34.4. The lowest BCUT2D eigenvalue weighted by Gasteiger charge is -2.21. The first kappa shape index (κ1) is 102. The van der Waals surface area contributed by atoms with Crippen LogP contribution >= 0.6 is 15.6 Å². The molecule has 0 aromatic carbocycles. The van der Waals surface area contributed by atoms with Crippen molar-refractivity contribution < 1.29 is 80.2 Å². The van der Waals surface area contributed by atoms with Crippen LogP contribution in [0, 0.1) is 17.8 Å². The smallest absolute Gasteiger partial charge is 0.462 e. The summed E-state index contributed by atoms with van der Waals surface area (Å²) in [6, 6.07) is 0. The number of phosphoric acid groups is 2.